The molecule has 1 aliphatic carbocycles. The van der Waals surface area contributed by atoms with Gasteiger partial charge < -0.3 is 5.32 Å². The van der Waals surface area contributed by atoms with Crippen molar-refractivity contribution in [2.24, 2.45) is 0 Å². The second kappa shape index (κ2) is 6.58. The topological polar surface area (TPSA) is 66.5 Å². The standard InChI is InChI=1S/C15H22N2O3S/c1-3-16-15(18)11-17(4-2)21(19,20)14-9-8-12-6-5-7-13(12)10-14/h8-10H,3-7,11H2,1-2H3,(H,16,18). The molecule has 0 bridgehead atoms. The van der Waals surface area contributed by atoms with Crippen molar-refractivity contribution < 1.29 is 13.2 Å². The van der Waals surface area contributed by atoms with Crippen LogP contribution in [0.15, 0.2) is 23.1 Å². The molecule has 0 radical (unpaired) electrons. The number of carbonyl (C=O) groups is 1. The first kappa shape index (κ1) is 16.0. The zero-order valence-electron chi connectivity index (χ0n) is 12.6. The van der Waals surface area contributed by atoms with Crippen molar-refractivity contribution in [2.45, 2.75) is 38.0 Å². The van der Waals surface area contributed by atoms with E-state index in [1.54, 1.807) is 19.1 Å². The second-order valence-electron chi connectivity index (χ2n) is 5.17. The zero-order valence-corrected chi connectivity index (χ0v) is 13.4. The van der Waals surface area contributed by atoms with E-state index in [1.807, 2.05) is 13.0 Å². The van der Waals surface area contributed by atoms with Gasteiger partial charge in [0, 0.05) is 13.1 Å². The van der Waals surface area contributed by atoms with E-state index in [4.69, 9.17) is 0 Å². The molecule has 0 saturated carbocycles. The third kappa shape index (κ3) is 3.44. The lowest BCUT2D eigenvalue weighted by Crippen LogP contribution is -2.40. The van der Waals surface area contributed by atoms with Crippen LogP contribution in [-0.2, 0) is 27.7 Å². The number of aryl methyl sites for hydroxylation is 2. The van der Waals surface area contributed by atoms with E-state index in [0.717, 1.165) is 24.8 Å². The normalized spacial score (nSPS) is 14.2. The fraction of sp³-hybridized carbons (Fsp3) is 0.533. The van der Waals surface area contributed by atoms with Crippen LogP contribution in [0, 0.1) is 0 Å². The molecule has 116 valence electrons. The monoisotopic (exact) mass is 310 g/mol. The van der Waals surface area contributed by atoms with Crippen LogP contribution in [0.3, 0.4) is 0 Å². The molecule has 1 aromatic carbocycles. The van der Waals surface area contributed by atoms with Crippen LogP contribution in [0.1, 0.15) is 31.4 Å². The molecule has 2 rings (SSSR count). The highest BCUT2D eigenvalue weighted by atomic mass is 32.2. The molecule has 1 amide bonds. The number of hydrogen-bond donors (Lipinski definition) is 1. The van der Waals surface area contributed by atoms with Crippen LogP contribution in [0.2, 0.25) is 0 Å². The van der Waals surface area contributed by atoms with E-state index in [-0.39, 0.29) is 23.9 Å². The number of hydrogen-bond acceptors (Lipinski definition) is 3. The maximum atomic E-state index is 12.6. The van der Waals surface area contributed by atoms with Crippen LogP contribution in [0.4, 0.5) is 0 Å². The summed E-state index contributed by atoms with van der Waals surface area (Å²) in [4.78, 5) is 11.9. The van der Waals surface area contributed by atoms with Crippen molar-refractivity contribution in [3.8, 4) is 0 Å². The Labute approximate surface area is 126 Å². The number of sulfonamides is 1. The van der Waals surface area contributed by atoms with E-state index in [0.29, 0.717) is 6.54 Å². The molecule has 0 heterocycles. The maximum absolute atomic E-state index is 12.6. The van der Waals surface area contributed by atoms with Gasteiger partial charge in [-0.1, -0.05) is 13.0 Å². The molecule has 0 aliphatic heterocycles. The van der Waals surface area contributed by atoms with Crippen molar-refractivity contribution in [1.29, 1.82) is 0 Å². The molecule has 0 atom stereocenters. The Hall–Kier alpha value is -1.40. The van der Waals surface area contributed by atoms with Crippen LogP contribution in [0.5, 0.6) is 0 Å². The average molecular weight is 310 g/mol. The molecular weight excluding hydrogens is 288 g/mol. The largest absolute Gasteiger partial charge is 0.355 e. The van der Waals surface area contributed by atoms with Gasteiger partial charge in [-0.15, -0.1) is 0 Å². The number of amides is 1. The molecule has 0 aromatic heterocycles. The van der Waals surface area contributed by atoms with Crippen molar-refractivity contribution in [3.05, 3.63) is 29.3 Å². The summed E-state index contributed by atoms with van der Waals surface area (Å²) in [5.74, 6) is -0.274. The average Bonchev–Trinajstić information content (AvgIpc) is 2.92. The molecule has 5 nitrogen and oxygen atoms in total. The Morgan fingerprint density at radius 2 is 1.95 bits per heavy atom. The Morgan fingerprint density at radius 1 is 1.24 bits per heavy atom. The minimum absolute atomic E-state index is 0.135. The molecule has 21 heavy (non-hydrogen) atoms. The molecule has 0 fully saturated rings. The van der Waals surface area contributed by atoms with Gasteiger partial charge in [-0.3, -0.25) is 4.79 Å². The number of nitrogens with zero attached hydrogens (tertiary/aromatic N) is 1. The fourth-order valence-corrected chi connectivity index (χ4v) is 4.09. The fourth-order valence-electron chi connectivity index (χ4n) is 2.64. The smallest absolute Gasteiger partial charge is 0.243 e. The quantitative estimate of drug-likeness (QED) is 0.862. The van der Waals surface area contributed by atoms with E-state index < -0.39 is 10.0 Å². The molecule has 1 aliphatic rings. The predicted molar refractivity (Wildman–Crippen MR) is 81.6 cm³/mol. The summed E-state index contributed by atoms with van der Waals surface area (Å²) in [6.07, 6.45) is 3.03. The first-order valence-corrected chi connectivity index (χ1v) is 8.81. The summed E-state index contributed by atoms with van der Waals surface area (Å²) < 4.78 is 26.5. The van der Waals surface area contributed by atoms with Gasteiger partial charge in [-0.05, 0) is 49.4 Å². The van der Waals surface area contributed by atoms with E-state index in [2.05, 4.69) is 5.32 Å². The predicted octanol–water partition coefficient (Wildman–Crippen LogP) is 1.32. The third-order valence-corrected chi connectivity index (χ3v) is 5.67. The first-order chi connectivity index (χ1) is 9.98. The molecule has 0 spiro atoms. The summed E-state index contributed by atoms with van der Waals surface area (Å²) in [7, 11) is -3.61. The van der Waals surface area contributed by atoms with Crippen molar-refractivity contribution in [2.75, 3.05) is 19.6 Å². The lowest BCUT2D eigenvalue weighted by molar-refractivity contribution is -0.121. The van der Waals surface area contributed by atoms with Gasteiger partial charge in [0.2, 0.25) is 15.9 Å². The number of fused-ring (bicyclic) bond motifs is 1. The Morgan fingerprint density at radius 3 is 2.62 bits per heavy atom. The maximum Gasteiger partial charge on any atom is 0.243 e. The van der Waals surface area contributed by atoms with Crippen LogP contribution in [0.25, 0.3) is 0 Å². The number of likely N-dealkylation sites (N-methyl/N-ethyl adjacent to an activating group) is 2. The Balaban J connectivity index is 2.24. The lowest BCUT2D eigenvalue weighted by atomic mass is 10.1. The molecule has 0 saturated heterocycles. The lowest BCUT2D eigenvalue weighted by Gasteiger charge is -2.20. The summed E-state index contributed by atoms with van der Waals surface area (Å²) in [5, 5.41) is 2.63. The van der Waals surface area contributed by atoms with E-state index >= 15 is 0 Å². The van der Waals surface area contributed by atoms with Gasteiger partial charge >= 0.3 is 0 Å². The highest BCUT2D eigenvalue weighted by molar-refractivity contribution is 7.89. The third-order valence-electron chi connectivity index (χ3n) is 3.75. The van der Waals surface area contributed by atoms with Gasteiger partial charge in [0.25, 0.3) is 0 Å². The summed E-state index contributed by atoms with van der Waals surface area (Å²) >= 11 is 0. The van der Waals surface area contributed by atoms with Crippen LogP contribution < -0.4 is 5.32 Å². The SMILES string of the molecule is CCNC(=O)CN(CC)S(=O)(=O)c1ccc2c(c1)CCC2. The Kier molecular flexibility index (Phi) is 5.00. The first-order valence-electron chi connectivity index (χ1n) is 7.37. The van der Waals surface area contributed by atoms with Crippen LogP contribution >= 0.6 is 0 Å². The Bertz CT molecular complexity index is 626. The van der Waals surface area contributed by atoms with Gasteiger partial charge in [-0.25, -0.2) is 8.42 Å². The van der Waals surface area contributed by atoms with Crippen molar-refractivity contribution in [1.82, 2.24) is 9.62 Å². The molecule has 1 N–H and O–H groups in total. The minimum atomic E-state index is -3.61. The second-order valence-corrected chi connectivity index (χ2v) is 7.11. The van der Waals surface area contributed by atoms with Gasteiger partial charge in [0.15, 0.2) is 0 Å². The summed E-state index contributed by atoms with van der Waals surface area (Å²) in [5.41, 5.74) is 2.35. The number of carbonyl (C=O) groups excluding carboxylic acids is 1. The van der Waals surface area contributed by atoms with Gasteiger partial charge in [0.05, 0.1) is 11.4 Å². The molecule has 1 aromatic rings. The molecule has 6 heteroatoms. The van der Waals surface area contributed by atoms with Crippen molar-refractivity contribution >= 4 is 15.9 Å². The highest BCUT2D eigenvalue weighted by Crippen LogP contribution is 2.26. The van der Waals surface area contributed by atoms with Crippen LogP contribution in [-0.4, -0.2) is 38.3 Å². The molecule has 0 unspecified atom stereocenters. The van der Waals surface area contributed by atoms with E-state index in [9.17, 15) is 13.2 Å². The number of benzene rings is 1. The van der Waals surface area contributed by atoms with Crippen molar-refractivity contribution in [3.63, 3.8) is 0 Å². The number of rotatable bonds is 6. The zero-order chi connectivity index (χ0) is 15.5. The van der Waals surface area contributed by atoms with Gasteiger partial charge in [-0.2, -0.15) is 4.31 Å². The van der Waals surface area contributed by atoms with Gasteiger partial charge in [0.1, 0.15) is 0 Å². The summed E-state index contributed by atoms with van der Waals surface area (Å²) in [6, 6.07) is 5.31. The highest BCUT2D eigenvalue weighted by Gasteiger charge is 2.26. The number of nitrogens with one attached hydrogen (secondary N) is 1. The molecular formula is C15H22N2O3S. The minimum Gasteiger partial charge on any atom is -0.355 e. The summed E-state index contributed by atoms with van der Waals surface area (Å²) in [6.45, 7) is 4.18. The van der Waals surface area contributed by atoms with E-state index in [1.165, 1.54) is 9.87 Å².